The number of nitrogen functional groups attached to an aromatic ring is 1. The van der Waals surface area contributed by atoms with Crippen LogP contribution in [-0.2, 0) is 11.3 Å². The van der Waals surface area contributed by atoms with Gasteiger partial charge in [0.25, 0.3) is 0 Å². The van der Waals surface area contributed by atoms with Gasteiger partial charge in [-0.15, -0.1) is 0 Å². The van der Waals surface area contributed by atoms with Crippen LogP contribution in [0.25, 0.3) is 5.52 Å². The standard InChI is InChI=1S/C20H23IN6O2/c21-17-16-18(22)24-12-25-27(16)19(26-17)15-8-6-13(7-9-15)10-23-20(28)29-11-14-4-2-1-3-5-14/h1-5,12-13,15H,6-11H2,(H,23,28)(H2,22,24,25). The highest BCUT2D eigenvalue weighted by Crippen LogP contribution is 2.36. The molecule has 0 radical (unpaired) electrons. The molecule has 0 bridgehead atoms. The molecule has 1 fully saturated rings. The van der Waals surface area contributed by atoms with Crippen molar-refractivity contribution in [2.75, 3.05) is 12.3 Å². The molecular weight excluding hydrogens is 483 g/mol. The van der Waals surface area contributed by atoms with E-state index in [2.05, 4.69) is 38.0 Å². The topological polar surface area (TPSA) is 107 Å². The van der Waals surface area contributed by atoms with Crippen LogP contribution in [0.3, 0.4) is 0 Å². The Labute approximate surface area is 182 Å². The fourth-order valence-electron chi connectivity index (χ4n) is 3.83. The van der Waals surface area contributed by atoms with Gasteiger partial charge in [-0.05, 0) is 59.8 Å². The summed E-state index contributed by atoms with van der Waals surface area (Å²) in [5.41, 5.74) is 7.75. The molecule has 0 atom stereocenters. The number of nitrogens with zero attached hydrogens (tertiary/aromatic N) is 4. The van der Waals surface area contributed by atoms with E-state index in [1.165, 1.54) is 6.33 Å². The van der Waals surface area contributed by atoms with Crippen molar-refractivity contribution < 1.29 is 9.53 Å². The Hall–Kier alpha value is -2.43. The molecule has 0 unspecified atom stereocenters. The lowest BCUT2D eigenvalue weighted by atomic mass is 9.81. The van der Waals surface area contributed by atoms with Crippen molar-refractivity contribution in [2.45, 2.75) is 38.2 Å². The van der Waals surface area contributed by atoms with Gasteiger partial charge in [0.05, 0.1) is 0 Å². The number of amides is 1. The lowest BCUT2D eigenvalue weighted by Gasteiger charge is -2.27. The zero-order chi connectivity index (χ0) is 20.2. The molecule has 8 nitrogen and oxygen atoms in total. The maximum atomic E-state index is 12.0. The van der Waals surface area contributed by atoms with Crippen LogP contribution in [0.5, 0.6) is 0 Å². The second-order valence-electron chi connectivity index (χ2n) is 7.33. The molecule has 2 heterocycles. The number of rotatable bonds is 5. The number of aromatic nitrogens is 4. The molecule has 152 valence electrons. The Morgan fingerprint density at radius 1 is 1.24 bits per heavy atom. The first-order valence-corrected chi connectivity index (χ1v) is 10.8. The summed E-state index contributed by atoms with van der Waals surface area (Å²) in [4.78, 5) is 20.7. The maximum Gasteiger partial charge on any atom is 0.407 e. The first-order chi connectivity index (χ1) is 14.1. The lowest BCUT2D eigenvalue weighted by molar-refractivity contribution is 0.136. The van der Waals surface area contributed by atoms with Gasteiger partial charge in [-0.25, -0.2) is 19.3 Å². The smallest absolute Gasteiger partial charge is 0.407 e. The number of carbonyl (C=O) groups excluding carboxylic acids is 1. The molecule has 4 rings (SSSR count). The van der Waals surface area contributed by atoms with Crippen molar-refractivity contribution in [3.8, 4) is 0 Å². The van der Waals surface area contributed by atoms with Crippen molar-refractivity contribution in [3.05, 3.63) is 51.7 Å². The van der Waals surface area contributed by atoms with E-state index in [0.29, 0.717) is 24.2 Å². The highest BCUT2D eigenvalue weighted by molar-refractivity contribution is 14.1. The Morgan fingerprint density at radius 3 is 2.76 bits per heavy atom. The summed E-state index contributed by atoms with van der Waals surface area (Å²) in [7, 11) is 0. The minimum atomic E-state index is -0.364. The number of anilines is 1. The largest absolute Gasteiger partial charge is 0.445 e. The van der Waals surface area contributed by atoms with Gasteiger partial charge in [0.1, 0.15) is 28.0 Å². The van der Waals surface area contributed by atoms with Gasteiger partial charge in [-0.3, -0.25) is 0 Å². The number of ether oxygens (including phenoxy) is 1. The van der Waals surface area contributed by atoms with Crippen molar-refractivity contribution in [1.82, 2.24) is 24.9 Å². The summed E-state index contributed by atoms with van der Waals surface area (Å²) in [5, 5.41) is 7.24. The molecule has 0 spiro atoms. The summed E-state index contributed by atoms with van der Waals surface area (Å²) in [5.74, 6) is 2.18. The molecule has 1 aromatic carbocycles. The molecule has 1 aliphatic carbocycles. The fourth-order valence-corrected chi connectivity index (χ4v) is 4.58. The lowest BCUT2D eigenvalue weighted by Crippen LogP contribution is -2.31. The minimum Gasteiger partial charge on any atom is -0.445 e. The summed E-state index contributed by atoms with van der Waals surface area (Å²) in [6, 6.07) is 9.68. The molecule has 1 amide bonds. The fraction of sp³-hybridized carbons (Fsp3) is 0.400. The van der Waals surface area contributed by atoms with Gasteiger partial charge in [0.15, 0.2) is 5.82 Å². The van der Waals surface area contributed by atoms with E-state index >= 15 is 0 Å². The van der Waals surface area contributed by atoms with Gasteiger partial charge in [-0.2, -0.15) is 5.10 Å². The summed E-state index contributed by atoms with van der Waals surface area (Å²) < 4.78 is 7.94. The van der Waals surface area contributed by atoms with Crippen LogP contribution >= 0.6 is 22.6 Å². The van der Waals surface area contributed by atoms with Crippen molar-refractivity contribution in [1.29, 1.82) is 0 Å². The maximum absolute atomic E-state index is 12.0. The van der Waals surface area contributed by atoms with Crippen molar-refractivity contribution >= 4 is 40.0 Å². The molecule has 9 heteroatoms. The number of nitrogens with one attached hydrogen (secondary N) is 1. The van der Waals surface area contributed by atoms with Crippen LogP contribution in [0.2, 0.25) is 0 Å². The number of carbonyl (C=O) groups is 1. The number of benzene rings is 1. The summed E-state index contributed by atoms with van der Waals surface area (Å²) >= 11 is 2.18. The Bertz CT molecular complexity index is 985. The molecule has 1 saturated carbocycles. The number of hydrogen-bond donors (Lipinski definition) is 2. The number of fused-ring (bicyclic) bond motifs is 1. The normalized spacial score (nSPS) is 19.2. The number of hydrogen-bond acceptors (Lipinski definition) is 6. The van der Waals surface area contributed by atoms with E-state index < -0.39 is 0 Å². The number of nitrogens with two attached hydrogens (primary N) is 1. The first kappa shape index (κ1) is 19.9. The van der Waals surface area contributed by atoms with Crippen LogP contribution in [0.1, 0.15) is 43.0 Å². The van der Waals surface area contributed by atoms with Crippen molar-refractivity contribution in [2.24, 2.45) is 5.92 Å². The van der Waals surface area contributed by atoms with Crippen LogP contribution in [0, 0.1) is 9.62 Å². The number of imidazole rings is 1. The summed E-state index contributed by atoms with van der Waals surface area (Å²) in [6.07, 6.45) is 5.16. The van der Waals surface area contributed by atoms with Gasteiger partial charge >= 0.3 is 6.09 Å². The molecular formula is C20H23IN6O2. The molecule has 3 aromatic rings. The second kappa shape index (κ2) is 8.93. The Morgan fingerprint density at radius 2 is 2.00 bits per heavy atom. The SMILES string of the molecule is Nc1ncnn2c(C3CCC(CNC(=O)OCc4ccccc4)CC3)nc(I)c12. The van der Waals surface area contributed by atoms with Crippen LogP contribution in [-0.4, -0.2) is 32.2 Å². The van der Waals surface area contributed by atoms with E-state index in [9.17, 15) is 4.79 Å². The van der Waals surface area contributed by atoms with E-state index in [4.69, 9.17) is 15.5 Å². The van der Waals surface area contributed by atoms with Gasteiger partial charge < -0.3 is 15.8 Å². The van der Waals surface area contributed by atoms with E-state index in [1.54, 1.807) is 0 Å². The second-order valence-corrected chi connectivity index (χ2v) is 8.35. The van der Waals surface area contributed by atoms with Crippen LogP contribution in [0.4, 0.5) is 10.6 Å². The third-order valence-electron chi connectivity index (χ3n) is 5.40. The molecule has 2 aromatic heterocycles. The van der Waals surface area contributed by atoms with Gasteiger partial charge in [-0.1, -0.05) is 30.3 Å². The van der Waals surface area contributed by atoms with Crippen molar-refractivity contribution in [3.63, 3.8) is 0 Å². The van der Waals surface area contributed by atoms with Gasteiger partial charge in [0, 0.05) is 12.5 Å². The van der Waals surface area contributed by atoms with E-state index in [0.717, 1.165) is 46.3 Å². The molecule has 3 N–H and O–H groups in total. The third-order valence-corrected chi connectivity index (χ3v) is 6.16. The van der Waals surface area contributed by atoms with Crippen LogP contribution < -0.4 is 11.1 Å². The average Bonchev–Trinajstić information content (AvgIpc) is 3.09. The number of halogens is 1. The quantitative estimate of drug-likeness (QED) is 0.513. The minimum absolute atomic E-state index is 0.288. The predicted octanol–water partition coefficient (Wildman–Crippen LogP) is 3.51. The molecule has 29 heavy (non-hydrogen) atoms. The highest BCUT2D eigenvalue weighted by Gasteiger charge is 2.27. The zero-order valence-corrected chi connectivity index (χ0v) is 18.1. The Kier molecular flexibility index (Phi) is 6.12. The number of alkyl carbamates (subject to hydrolysis) is 1. The predicted molar refractivity (Wildman–Crippen MR) is 117 cm³/mol. The van der Waals surface area contributed by atoms with E-state index in [1.807, 2.05) is 34.8 Å². The monoisotopic (exact) mass is 506 g/mol. The average molecular weight is 506 g/mol. The van der Waals surface area contributed by atoms with Gasteiger partial charge in [0.2, 0.25) is 0 Å². The highest BCUT2D eigenvalue weighted by atomic mass is 127. The third kappa shape index (κ3) is 4.60. The first-order valence-electron chi connectivity index (χ1n) is 9.71. The Balaban J connectivity index is 1.27. The summed E-state index contributed by atoms with van der Waals surface area (Å²) in [6.45, 7) is 0.922. The van der Waals surface area contributed by atoms with Crippen LogP contribution in [0.15, 0.2) is 36.7 Å². The molecule has 1 aliphatic rings. The molecule has 0 aliphatic heterocycles. The molecule has 0 saturated heterocycles. The van der Waals surface area contributed by atoms with E-state index in [-0.39, 0.29) is 12.7 Å². The zero-order valence-electron chi connectivity index (χ0n) is 15.9.